The van der Waals surface area contributed by atoms with E-state index in [2.05, 4.69) is 0 Å². The van der Waals surface area contributed by atoms with E-state index < -0.39 is 0 Å². The zero-order chi connectivity index (χ0) is 8.81. The predicted molar refractivity (Wildman–Crippen MR) is 49.6 cm³/mol. The molecule has 0 fully saturated rings. The molecule has 0 amide bonds. The topological polar surface area (TPSA) is 17.1 Å². The van der Waals surface area contributed by atoms with Crippen molar-refractivity contribution < 1.29 is 4.79 Å². The third-order valence-electron chi connectivity index (χ3n) is 1.63. The highest BCUT2D eigenvalue weighted by Crippen LogP contribution is 2.05. The Hall–Kier alpha value is -1.37. The van der Waals surface area contributed by atoms with Gasteiger partial charge in [-0.1, -0.05) is 35.9 Å². The lowest BCUT2D eigenvalue weighted by atomic mass is 10.1. The van der Waals surface area contributed by atoms with Gasteiger partial charge >= 0.3 is 0 Å². The van der Waals surface area contributed by atoms with Crippen molar-refractivity contribution in [1.29, 1.82) is 0 Å². The highest BCUT2D eigenvalue weighted by molar-refractivity contribution is 5.66. The summed E-state index contributed by atoms with van der Waals surface area (Å²) in [7, 11) is 0. The minimum absolute atomic E-state index is 0.829. The number of hydrogen-bond donors (Lipinski definition) is 0. The maximum atomic E-state index is 10.0. The third kappa shape index (κ3) is 2.70. The first-order valence-corrected chi connectivity index (χ1v) is 3.90. The van der Waals surface area contributed by atoms with Crippen LogP contribution in [-0.2, 0) is 11.2 Å². The van der Waals surface area contributed by atoms with Crippen LogP contribution in [0.2, 0.25) is 0 Å². The van der Waals surface area contributed by atoms with Gasteiger partial charge in [-0.05, 0) is 25.0 Å². The van der Waals surface area contributed by atoms with Gasteiger partial charge in [-0.15, -0.1) is 0 Å². The number of rotatable bonds is 3. The first kappa shape index (κ1) is 8.72. The molecule has 1 aromatic carbocycles. The molecule has 1 rings (SSSR count). The monoisotopic (exact) mass is 159 g/mol. The van der Waals surface area contributed by atoms with Gasteiger partial charge in [0.15, 0.2) is 0 Å². The quantitative estimate of drug-likeness (QED) is 0.618. The number of hydrogen-bond acceptors (Lipinski definition) is 1. The van der Waals surface area contributed by atoms with Crippen molar-refractivity contribution >= 4 is 6.29 Å². The zero-order valence-corrected chi connectivity index (χ0v) is 7.08. The second kappa shape index (κ2) is 4.50. The smallest absolute Gasteiger partial charge is 0.225 e. The highest BCUT2D eigenvalue weighted by Gasteiger charge is 1.91. The van der Waals surface area contributed by atoms with E-state index in [-0.39, 0.29) is 0 Å². The summed E-state index contributed by atoms with van der Waals surface area (Å²) in [5.41, 5.74) is 2.26. The molecular formula is C11H11O. The fourth-order valence-electron chi connectivity index (χ4n) is 1.07. The average Bonchev–Trinajstić information content (AvgIpc) is 2.06. The number of allylic oxidation sites excluding steroid dienone is 2. The van der Waals surface area contributed by atoms with Gasteiger partial charge < -0.3 is 0 Å². The molecule has 0 saturated heterocycles. The van der Waals surface area contributed by atoms with E-state index in [9.17, 15) is 4.79 Å². The van der Waals surface area contributed by atoms with Gasteiger partial charge in [0, 0.05) is 0 Å². The summed E-state index contributed by atoms with van der Waals surface area (Å²) >= 11 is 0. The maximum absolute atomic E-state index is 10.0. The molecule has 0 heterocycles. The van der Waals surface area contributed by atoms with Crippen LogP contribution < -0.4 is 0 Å². The molecule has 61 valence electrons. The Morgan fingerprint density at radius 2 is 2.08 bits per heavy atom. The molecule has 0 unspecified atom stereocenters. The molecule has 1 nitrogen and oxygen atoms in total. The van der Waals surface area contributed by atoms with Crippen LogP contribution in [0.5, 0.6) is 0 Å². The van der Waals surface area contributed by atoms with Crippen LogP contribution in [0.25, 0.3) is 0 Å². The SMILES string of the molecule is CC(=C[C]=O)Cc1ccccc1. The molecule has 0 aliphatic carbocycles. The van der Waals surface area contributed by atoms with Crippen LogP contribution >= 0.6 is 0 Å². The van der Waals surface area contributed by atoms with E-state index in [1.807, 2.05) is 37.3 Å². The molecule has 0 aromatic heterocycles. The predicted octanol–water partition coefficient (Wildman–Crippen LogP) is 2.29. The molecule has 1 radical (unpaired) electrons. The summed E-state index contributed by atoms with van der Waals surface area (Å²) in [6.07, 6.45) is 4.08. The van der Waals surface area contributed by atoms with E-state index in [1.54, 1.807) is 6.29 Å². The normalized spacial score (nSPS) is 11.2. The Morgan fingerprint density at radius 3 is 2.67 bits per heavy atom. The Morgan fingerprint density at radius 1 is 1.42 bits per heavy atom. The molecule has 0 bridgehead atoms. The van der Waals surface area contributed by atoms with Crippen molar-refractivity contribution in [2.45, 2.75) is 13.3 Å². The molecule has 0 aliphatic rings. The van der Waals surface area contributed by atoms with Gasteiger partial charge in [0.1, 0.15) is 0 Å². The van der Waals surface area contributed by atoms with Crippen LogP contribution in [0.15, 0.2) is 42.0 Å². The van der Waals surface area contributed by atoms with Crippen LogP contribution in [0.1, 0.15) is 12.5 Å². The molecule has 0 aliphatic heterocycles. The van der Waals surface area contributed by atoms with Gasteiger partial charge in [-0.2, -0.15) is 0 Å². The summed E-state index contributed by atoms with van der Waals surface area (Å²) in [5, 5.41) is 0. The average molecular weight is 159 g/mol. The maximum Gasteiger partial charge on any atom is 0.225 e. The second-order valence-corrected chi connectivity index (χ2v) is 2.77. The molecule has 0 atom stereocenters. The summed E-state index contributed by atoms with van der Waals surface area (Å²) < 4.78 is 0. The van der Waals surface area contributed by atoms with Gasteiger partial charge in [0.25, 0.3) is 0 Å². The van der Waals surface area contributed by atoms with Gasteiger partial charge in [0.2, 0.25) is 6.29 Å². The van der Waals surface area contributed by atoms with Crippen molar-refractivity contribution in [2.24, 2.45) is 0 Å². The lowest BCUT2D eigenvalue weighted by Gasteiger charge is -1.98. The molecule has 0 N–H and O–H groups in total. The third-order valence-corrected chi connectivity index (χ3v) is 1.63. The van der Waals surface area contributed by atoms with Gasteiger partial charge in [-0.25, -0.2) is 0 Å². The first-order chi connectivity index (χ1) is 5.83. The molecule has 12 heavy (non-hydrogen) atoms. The Bertz CT molecular complexity index is 272. The van der Waals surface area contributed by atoms with Crippen LogP contribution in [0, 0.1) is 0 Å². The Labute approximate surface area is 72.7 Å². The summed E-state index contributed by atoms with van der Waals surface area (Å²) in [4.78, 5) is 10.0. The van der Waals surface area contributed by atoms with Crippen molar-refractivity contribution in [3.05, 3.63) is 47.5 Å². The Balaban J connectivity index is 2.64. The molecule has 1 aromatic rings. The van der Waals surface area contributed by atoms with Crippen molar-refractivity contribution in [3.63, 3.8) is 0 Å². The molecule has 0 saturated carbocycles. The van der Waals surface area contributed by atoms with E-state index >= 15 is 0 Å². The lowest BCUT2D eigenvalue weighted by molar-refractivity contribution is 0.564. The fourth-order valence-corrected chi connectivity index (χ4v) is 1.07. The minimum Gasteiger partial charge on any atom is -0.286 e. The fraction of sp³-hybridized carbons (Fsp3) is 0.182. The van der Waals surface area contributed by atoms with Crippen molar-refractivity contribution in [1.82, 2.24) is 0 Å². The largest absolute Gasteiger partial charge is 0.286 e. The zero-order valence-electron chi connectivity index (χ0n) is 7.08. The molecular weight excluding hydrogens is 148 g/mol. The summed E-state index contributed by atoms with van der Waals surface area (Å²) in [5.74, 6) is 0. The number of carbonyl (C=O) groups excluding carboxylic acids is 1. The molecule has 0 spiro atoms. The van der Waals surface area contributed by atoms with E-state index in [0.717, 1.165) is 12.0 Å². The summed E-state index contributed by atoms with van der Waals surface area (Å²) in [6.45, 7) is 1.93. The van der Waals surface area contributed by atoms with E-state index in [0.29, 0.717) is 0 Å². The number of benzene rings is 1. The van der Waals surface area contributed by atoms with E-state index in [1.165, 1.54) is 11.6 Å². The first-order valence-electron chi connectivity index (χ1n) is 3.90. The van der Waals surface area contributed by atoms with Crippen LogP contribution in [-0.4, -0.2) is 6.29 Å². The second-order valence-electron chi connectivity index (χ2n) is 2.77. The lowest BCUT2D eigenvalue weighted by Crippen LogP contribution is -1.85. The van der Waals surface area contributed by atoms with Crippen molar-refractivity contribution in [3.8, 4) is 0 Å². The molecule has 1 heteroatoms. The van der Waals surface area contributed by atoms with Gasteiger partial charge in [0.05, 0.1) is 0 Å². The minimum atomic E-state index is 0.829. The van der Waals surface area contributed by atoms with Gasteiger partial charge in [-0.3, -0.25) is 4.79 Å². The highest BCUT2D eigenvalue weighted by atomic mass is 16.1. The standard InChI is InChI=1S/C11H11O/c1-10(7-8-12)9-11-5-3-2-4-6-11/h2-7H,9H2,1H3. The van der Waals surface area contributed by atoms with Crippen LogP contribution in [0.3, 0.4) is 0 Å². The van der Waals surface area contributed by atoms with Crippen molar-refractivity contribution in [2.75, 3.05) is 0 Å². The van der Waals surface area contributed by atoms with Crippen LogP contribution in [0.4, 0.5) is 0 Å². The Kier molecular flexibility index (Phi) is 3.27. The summed E-state index contributed by atoms with van der Waals surface area (Å²) in [6, 6.07) is 10.1. The van der Waals surface area contributed by atoms with E-state index in [4.69, 9.17) is 0 Å².